The minimum Gasteiger partial charge on any atom is -0.442 e. The zero-order valence-corrected chi connectivity index (χ0v) is 15.2. The molecule has 0 aliphatic heterocycles. The molecule has 0 unspecified atom stereocenters. The molecular formula is C16H16N4O2S2. The molecule has 0 saturated heterocycles. The van der Waals surface area contributed by atoms with Gasteiger partial charge in [0, 0.05) is 13.2 Å². The molecule has 0 bridgehead atoms. The predicted octanol–water partition coefficient (Wildman–Crippen LogP) is 3.21. The quantitative estimate of drug-likeness (QED) is 0.777. The average Bonchev–Trinajstić information content (AvgIpc) is 3.20. The molecule has 8 heteroatoms. The van der Waals surface area contributed by atoms with Crippen molar-refractivity contribution < 1.29 is 9.53 Å². The summed E-state index contributed by atoms with van der Waals surface area (Å²) in [5.74, 6) is 0.327. The predicted molar refractivity (Wildman–Crippen MR) is 94.1 cm³/mol. The monoisotopic (exact) mass is 360 g/mol. The van der Waals surface area contributed by atoms with Gasteiger partial charge in [-0.25, -0.2) is 4.37 Å². The zero-order chi connectivity index (χ0) is 17.0. The Morgan fingerprint density at radius 3 is 2.83 bits per heavy atom. The number of aromatic nitrogens is 3. The summed E-state index contributed by atoms with van der Waals surface area (Å²) in [7, 11) is 1.88. The number of fused-ring (bicyclic) bond motifs is 3. The smallest absolute Gasteiger partial charge is 0.259 e. The topological polar surface area (TPSA) is 83.0 Å². The number of rotatable bonds is 3. The molecule has 0 saturated carbocycles. The van der Waals surface area contributed by atoms with Gasteiger partial charge in [-0.3, -0.25) is 9.48 Å². The number of carbonyl (C=O) groups is 1. The van der Waals surface area contributed by atoms with E-state index >= 15 is 0 Å². The van der Waals surface area contributed by atoms with Crippen molar-refractivity contribution in [1.82, 2.24) is 14.2 Å². The van der Waals surface area contributed by atoms with Crippen molar-refractivity contribution in [2.24, 2.45) is 12.8 Å². The number of nitrogens with two attached hydrogens (primary N) is 1. The summed E-state index contributed by atoms with van der Waals surface area (Å²) in [5.41, 5.74) is 10.5. The van der Waals surface area contributed by atoms with Gasteiger partial charge in [-0.05, 0) is 49.3 Å². The van der Waals surface area contributed by atoms with E-state index in [0.29, 0.717) is 9.94 Å². The van der Waals surface area contributed by atoms with Crippen LogP contribution in [0.2, 0.25) is 0 Å². The second-order valence-electron chi connectivity index (χ2n) is 5.84. The van der Waals surface area contributed by atoms with Crippen molar-refractivity contribution in [3.8, 4) is 21.3 Å². The molecule has 1 amide bonds. The molecule has 0 spiro atoms. The van der Waals surface area contributed by atoms with Crippen molar-refractivity contribution in [2.45, 2.75) is 26.7 Å². The van der Waals surface area contributed by atoms with Crippen LogP contribution in [0.15, 0.2) is 6.20 Å². The van der Waals surface area contributed by atoms with Gasteiger partial charge < -0.3 is 10.5 Å². The van der Waals surface area contributed by atoms with Gasteiger partial charge in [0.1, 0.15) is 5.69 Å². The van der Waals surface area contributed by atoms with Crippen molar-refractivity contribution >= 4 is 28.8 Å². The Kier molecular flexibility index (Phi) is 3.47. The molecule has 0 aromatic carbocycles. The highest BCUT2D eigenvalue weighted by Gasteiger charge is 2.30. The largest absolute Gasteiger partial charge is 0.442 e. The number of carbonyl (C=O) groups excluding carboxylic acids is 1. The van der Waals surface area contributed by atoms with Gasteiger partial charge in [0.2, 0.25) is 0 Å². The maximum Gasteiger partial charge on any atom is 0.259 e. The van der Waals surface area contributed by atoms with E-state index in [0.717, 1.165) is 46.0 Å². The van der Waals surface area contributed by atoms with E-state index in [-0.39, 0.29) is 0 Å². The van der Waals surface area contributed by atoms with E-state index in [1.165, 1.54) is 28.4 Å². The molecular weight excluding hydrogens is 344 g/mol. The molecule has 2 N–H and O–H groups in total. The van der Waals surface area contributed by atoms with Crippen molar-refractivity contribution in [3.63, 3.8) is 0 Å². The summed E-state index contributed by atoms with van der Waals surface area (Å²) in [6.45, 7) is 3.87. The Hall–Kier alpha value is -2.19. The van der Waals surface area contributed by atoms with Crippen LogP contribution in [0.5, 0.6) is 10.8 Å². The van der Waals surface area contributed by atoms with E-state index in [1.54, 1.807) is 4.68 Å². The van der Waals surface area contributed by atoms with Crippen molar-refractivity contribution in [3.05, 3.63) is 33.6 Å². The van der Waals surface area contributed by atoms with Gasteiger partial charge >= 0.3 is 0 Å². The summed E-state index contributed by atoms with van der Waals surface area (Å²) in [6, 6.07) is 0. The minimum atomic E-state index is -0.404. The Morgan fingerprint density at radius 1 is 1.38 bits per heavy atom. The summed E-state index contributed by atoms with van der Waals surface area (Å²) >= 11 is 2.75. The van der Waals surface area contributed by atoms with Crippen LogP contribution >= 0.6 is 22.9 Å². The maximum atomic E-state index is 11.9. The fourth-order valence-electron chi connectivity index (χ4n) is 3.08. The highest BCUT2D eigenvalue weighted by atomic mass is 32.1. The standard InChI is InChI=1S/C16H16N4O2S2/c1-7-12(8(2)20(3)19-7)22-16-11-10(14(23-16)15(17)21)5-4-9-6-18-24-13(9)11/h6H,4-5H2,1-3H3,(H2,17,21). The lowest BCUT2D eigenvalue weighted by molar-refractivity contribution is 0.100. The van der Waals surface area contributed by atoms with Crippen LogP contribution in [0.1, 0.15) is 32.2 Å². The van der Waals surface area contributed by atoms with Crippen molar-refractivity contribution in [1.29, 1.82) is 0 Å². The second-order valence-corrected chi connectivity index (χ2v) is 7.63. The van der Waals surface area contributed by atoms with Crippen LogP contribution in [0.25, 0.3) is 10.4 Å². The van der Waals surface area contributed by atoms with Crippen LogP contribution < -0.4 is 10.5 Å². The maximum absolute atomic E-state index is 11.9. The first-order valence-corrected chi connectivity index (χ1v) is 9.13. The van der Waals surface area contributed by atoms with Crippen LogP contribution in [0.3, 0.4) is 0 Å². The SMILES string of the molecule is Cc1nn(C)c(C)c1Oc1sc(C(N)=O)c2c1-c1sncc1CC2. The number of amides is 1. The molecule has 1 aliphatic rings. The summed E-state index contributed by atoms with van der Waals surface area (Å²) < 4.78 is 12.3. The first-order chi connectivity index (χ1) is 11.5. The Labute approximate surface area is 147 Å². The molecule has 6 nitrogen and oxygen atoms in total. The Balaban J connectivity index is 1.89. The molecule has 0 radical (unpaired) electrons. The third-order valence-electron chi connectivity index (χ3n) is 4.35. The van der Waals surface area contributed by atoms with Crippen LogP contribution in [-0.2, 0) is 19.9 Å². The third kappa shape index (κ3) is 2.17. The Morgan fingerprint density at radius 2 is 2.17 bits per heavy atom. The lowest BCUT2D eigenvalue weighted by atomic mass is 9.93. The summed E-state index contributed by atoms with van der Waals surface area (Å²) in [5, 5.41) is 5.09. The molecule has 4 rings (SSSR count). The van der Waals surface area contributed by atoms with Crippen LogP contribution in [-0.4, -0.2) is 20.1 Å². The van der Waals surface area contributed by atoms with E-state index in [9.17, 15) is 4.79 Å². The number of primary amides is 1. The first-order valence-electron chi connectivity index (χ1n) is 7.54. The molecule has 24 heavy (non-hydrogen) atoms. The third-order valence-corrected chi connectivity index (χ3v) is 6.34. The number of hydrogen-bond acceptors (Lipinski definition) is 6. The minimum absolute atomic E-state index is 0.404. The molecule has 3 aromatic heterocycles. The fourth-order valence-corrected chi connectivity index (χ4v) is 5.07. The van der Waals surface area contributed by atoms with Gasteiger partial charge in [0.05, 0.1) is 21.0 Å². The lowest BCUT2D eigenvalue weighted by Crippen LogP contribution is -2.12. The summed E-state index contributed by atoms with van der Waals surface area (Å²) in [6.07, 6.45) is 3.55. The number of hydrogen-bond donors (Lipinski definition) is 1. The highest BCUT2D eigenvalue weighted by Crippen LogP contribution is 2.50. The van der Waals surface area contributed by atoms with Crippen molar-refractivity contribution in [2.75, 3.05) is 0 Å². The molecule has 0 fully saturated rings. The fraction of sp³-hybridized carbons (Fsp3) is 0.312. The van der Waals surface area contributed by atoms with Gasteiger partial charge in [-0.2, -0.15) is 5.10 Å². The normalized spacial score (nSPS) is 12.8. The van der Waals surface area contributed by atoms with Gasteiger partial charge in [0.15, 0.2) is 10.8 Å². The molecule has 1 aliphatic carbocycles. The van der Waals surface area contributed by atoms with Gasteiger partial charge in [-0.15, -0.1) is 0 Å². The van der Waals surface area contributed by atoms with Gasteiger partial charge in [0.25, 0.3) is 5.91 Å². The lowest BCUT2D eigenvalue weighted by Gasteiger charge is -2.14. The number of nitrogens with zero attached hydrogens (tertiary/aromatic N) is 3. The Bertz CT molecular complexity index is 967. The average molecular weight is 360 g/mol. The molecule has 3 aromatic rings. The number of ether oxygens (including phenoxy) is 1. The summed E-state index contributed by atoms with van der Waals surface area (Å²) in [4.78, 5) is 13.5. The first kappa shape index (κ1) is 15.3. The van der Waals surface area contributed by atoms with Crippen LogP contribution in [0, 0.1) is 13.8 Å². The van der Waals surface area contributed by atoms with E-state index < -0.39 is 5.91 Å². The number of thiophene rings is 1. The number of aryl methyl sites for hydroxylation is 3. The highest BCUT2D eigenvalue weighted by molar-refractivity contribution is 7.17. The molecule has 0 atom stereocenters. The zero-order valence-electron chi connectivity index (χ0n) is 13.5. The van der Waals surface area contributed by atoms with E-state index in [2.05, 4.69) is 9.47 Å². The van der Waals surface area contributed by atoms with Crippen LogP contribution in [0.4, 0.5) is 0 Å². The van der Waals surface area contributed by atoms with E-state index in [4.69, 9.17) is 10.5 Å². The van der Waals surface area contributed by atoms with Gasteiger partial charge in [-0.1, -0.05) is 11.3 Å². The molecule has 124 valence electrons. The van der Waals surface area contributed by atoms with E-state index in [1.807, 2.05) is 27.1 Å². The second kappa shape index (κ2) is 5.42. The molecule has 3 heterocycles.